The molecule has 0 saturated carbocycles. The van der Waals surface area contributed by atoms with Gasteiger partial charge in [-0.2, -0.15) is 4.31 Å². The van der Waals surface area contributed by atoms with Crippen LogP contribution in [0.5, 0.6) is 0 Å². The molecule has 1 N–H and O–H groups in total. The molecule has 6 nitrogen and oxygen atoms in total. The van der Waals surface area contributed by atoms with Gasteiger partial charge in [-0.05, 0) is 44.0 Å². The van der Waals surface area contributed by atoms with Gasteiger partial charge in [0.05, 0.1) is 17.1 Å². The highest BCUT2D eigenvalue weighted by Gasteiger charge is 2.32. The molecule has 2 atom stereocenters. The van der Waals surface area contributed by atoms with Crippen molar-refractivity contribution in [2.75, 3.05) is 19.6 Å². The monoisotopic (exact) mass is 402 g/mol. The highest BCUT2D eigenvalue weighted by atomic mass is 32.2. The van der Waals surface area contributed by atoms with Crippen LogP contribution in [0.2, 0.25) is 0 Å². The molecule has 1 aliphatic rings. The summed E-state index contributed by atoms with van der Waals surface area (Å²) >= 11 is 0. The normalized spacial score (nSPS) is 20.6. The molecule has 0 bridgehead atoms. The molecule has 2 aromatic rings. The van der Waals surface area contributed by atoms with Gasteiger partial charge >= 0.3 is 0 Å². The molecule has 0 unspecified atom stereocenters. The number of sulfonamides is 1. The number of carbonyl (C=O) groups is 1. The molecule has 0 aromatic heterocycles. The molecule has 1 aliphatic heterocycles. The van der Waals surface area contributed by atoms with Crippen molar-refractivity contribution >= 4 is 15.9 Å². The maximum atomic E-state index is 13.0. The Hall–Kier alpha value is -2.22. The summed E-state index contributed by atoms with van der Waals surface area (Å²) in [5, 5.41) is 2.85. The van der Waals surface area contributed by atoms with Gasteiger partial charge in [0.25, 0.3) is 5.91 Å². The van der Waals surface area contributed by atoms with Crippen LogP contribution in [0.25, 0.3) is 0 Å². The lowest BCUT2D eigenvalue weighted by molar-refractivity contribution is -0.0440. The van der Waals surface area contributed by atoms with Crippen LogP contribution in [0.3, 0.4) is 0 Å². The lowest BCUT2D eigenvalue weighted by Gasteiger charge is -2.34. The van der Waals surface area contributed by atoms with Crippen LogP contribution in [0.4, 0.5) is 0 Å². The van der Waals surface area contributed by atoms with Crippen molar-refractivity contribution in [1.82, 2.24) is 9.62 Å². The Morgan fingerprint density at radius 1 is 1.07 bits per heavy atom. The smallest absolute Gasteiger partial charge is 0.251 e. The van der Waals surface area contributed by atoms with E-state index in [0.29, 0.717) is 31.6 Å². The highest BCUT2D eigenvalue weighted by Crippen LogP contribution is 2.22. The lowest BCUT2D eigenvalue weighted by Crippen LogP contribution is -2.48. The average molecular weight is 403 g/mol. The van der Waals surface area contributed by atoms with E-state index in [2.05, 4.69) is 5.32 Å². The third-order valence-corrected chi connectivity index (χ3v) is 6.49. The minimum Gasteiger partial charge on any atom is -0.373 e. The van der Waals surface area contributed by atoms with Crippen molar-refractivity contribution in [1.29, 1.82) is 0 Å². The second kappa shape index (κ2) is 8.86. The first-order valence-corrected chi connectivity index (χ1v) is 10.9. The van der Waals surface area contributed by atoms with Gasteiger partial charge in [0.1, 0.15) is 0 Å². The SMILES string of the molecule is C[C@H]1CN(S(=O)(=O)c2cccc(C(=O)NCCc3ccccc3)c2)C[C@H](C)O1. The Morgan fingerprint density at radius 2 is 1.75 bits per heavy atom. The van der Waals surface area contributed by atoms with Crippen LogP contribution >= 0.6 is 0 Å². The van der Waals surface area contributed by atoms with Crippen molar-refractivity contribution in [2.24, 2.45) is 0 Å². The quantitative estimate of drug-likeness (QED) is 0.805. The molecule has 0 radical (unpaired) electrons. The maximum absolute atomic E-state index is 13.0. The molecule has 0 aliphatic carbocycles. The van der Waals surface area contributed by atoms with Crippen LogP contribution in [0.1, 0.15) is 29.8 Å². The first-order chi connectivity index (χ1) is 13.4. The van der Waals surface area contributed by atoms with Crippen molar-refractivity contribution < 1.29 is 17.9 Å². The molecule has 1 fully saturated rings. The van der Waals surface area contributed by atoms with Gasteiger partial charge in [-0.3, -0.25) is 4.79 Å². The van der Waals surface area contributed by atoms with Crippen molar-refractivity contribution in [3.63, 3.8) is 0 Å². The number of morpholine rings is 1. The van der Waals surface area contributed by atoms with E-state index < -0.39 is 10.0 Å². The second-order valence-corrected chi connectivity index (χ2v) is 9.04. The first-order valence-electron chi connectivity index (χ1n) is 9.44. The molecule has 3 rings (SSSR count). The second-order valence-electron chi connectivity index (χ2n) is 7.10. The number of ether oxygens (including phenoxy) is 1. The molecule has 1 amide bonds. The summed E-state index contributed by atoms with van der Waals surface area (Å²) in [5.41, 5.74) is 1.47. The fraction of sp³-hybridized carbons (Fsp3) is 0.381. The zero-order valence-corrected chi connectivity index (χ0v) is 17.0. The molecule has 150 valence electrons. The molecule has 28 heavy (non-hydrogen) atoms. The predicted molar refractivity (Wildman–Crippen MR) is 108 cm³/mol. The molecule has 1 saturated heterocycles. The molecule has 2 aromatic carbocycles. The summed E-state index contributed by atoms with van der Waals surface area (Å²) in [6.45, 7) is 4.81. The summed E-state index contributed by atoms with van der Waals surface area (Å²) in [5.74, 6) is -0.281. The van der Waals surface area contributed by atoms with Crippen molar-refractivity contribution in [3.8, 4) is 0 Å². The van der Waals surface area contributed by atoms with Gasteiger partial charge < -0.3 is 10.1 Å². The van der Waals surface area contributed by atoms with Crippen LogP contribution < -0.4 is 5.32 Å². The number of hydrogen-bond donors (Lipinski definition) is 1. The number of hydrogen-bond acceptors (Lipinski definition) is 4. The Balaban J connectivity index is 1.68. The Kier molecular flexibility index (Phi) is 6.49. The van der Waals surface area contributed by atoms with Gasteiger partial charge in [-0.15, -0.1) is 0 Å². The van der Waals surface area contributed by atoms with Crippen LogP contribution in [0.15, 0.2) is 59.5 Å². The minimum absolute atomic E-state index is 0.129. The molecule has 7 heteroatoms. The third kappa shape index (κ3) is 4.98. The number of rotatable bonds is 6. The third-order valence-electron chi connectivity index (χ3n) is 4.66. The van der Waals surface area contributed by atoms with Crippen molar-refractivity contribution in [2.45, 2.75) is 37.4 Å². The van der Waals surface area contributed by atoms with Crippen LogP contribution in [0, 0.1) is 0 Å². The zero-order chi connectivity index (χ0) is 20.1. The number of nitrogens with one attached hydrogen (secondary N) is 1. The predicted octanol–water partition coefficient (Wildman–Crippen LogP) is 2.46. The summed E-state index contributed by atoms with van der Waals surface area (Å²) in [7, 11) is -3.67. The topological polar surface area (TPSA) is 75.7 Å². The van der Waals surface area contributed by atoms with E-state index in [1.54, 1.807) is 12.1 Å². The first kappa shape index (κ1) is 20.5. The molecule has 1 heterocycles. The molecular formula is C21H26N2O4S. The van der Waals surface area contributed by atoms with Gasteiger partial charge in [-0.25, -0.2) is 8.42 Å². The van der Waals surface area contributed by atoms with E-state index in [1.165, 1.54) is 16.4 Å². The van der Waals surface area contributed by atoms with Gasteiger partial charge in [0.2, 0.25) is 10.0 Å². The number of benzene rings is 2. The standard InChI is InChI=1S/C21H26N2O4S/c1-16-14-23(15-17(2)27-16)28(25,26)20-10-6-9-19(13-20)21(24)22-12-11-18-7-4-3-5-8-18/h3-10,13,16-17H,11-12,14-15H2,1-2H3,(H,22,24)/t16-,17-/m0/s1. The van der Waals surface area contributed by atoms with E-state index in [9.17, 15) is 13.2 Å². The molecule has 0 spiro atoms. The summed E-state index contributed by atoms with van der Waals surface area (Å²) in [6.07, 6.45) is 0.389. The number of carbonyl (C=O) groups excluding carboxylic acids is 1. The summed E-state index contributed by atoms with van der Waals surface area (Å²) in [4.78, 5) is 12.6. The lowest BCUT2D eigenvalue weighted by atomic mass is 10.1. The van der Waals surface area contributed by atoms with Crippen LogP contribution in [-0.2, 0) is 21.2 Å². The summed E-state index contributed by atoms with van der Waals surface area (Å²) in [6, 6.07) is 16.1. The van der Waals surface area contributed by atoms with E-state index in [4.69, 9.17) is 4.74 Å². The average Bonchev–Trinajstić information content (AvgIpc) is 2.68. The van der Waals surface area contributed by atoms with Gasteiger partial charge in [0.15, 0.2) is 0 Å². The fourth-order valence-corrected chi connectivity index (χ4v) is 4.98. The number of nitrogens with zero attached hydrogens (tertiary/aromatic N) is 1. The van der Waals surface area contributed by atoms with Crippen LogP contribution in [-0.4, -0.2) is 50.5 Å². The zero-order valence-electron chi connectivity index (χ0n) is 16.2. The Morgan fingerprint density at radius 3 is 2.43 bits per heavy atom. The number of amides is 1. The van der Waals surface area contributed by atoms with Gasteiger partial charge in [0, 0.05) is 25.2 Å². The van der Waals surface area contributed by atoms with E-state index in [-0.39, 0.29) is 23.0 Å². The molecular weight excluding hydrogens is 376 g/mol. The maximum Gasteiger partial charge on any atom is 0.251 e. The Bertz CT molecular complexity index is 905. The highest BCUT2D eigenvalue weighted by molar-refractivity contribution is 7.89. The Labute approximate surface area is 166 Å². The minimum atomic E-state index is -3.67. The largest absolute Gasteiger partial charge is 0.373 e. The van der Waals surface area contributed by atoms with E-state index >= 15 is 0 Å². The van der Waals surface area contributed by atoms with Gasteiger partial charge in [-0.1, -0.05) is 36.4 Å². The van der Waals surface area contributed by atoms with E-state index in [1.807, 2.05) is 44.2 Å². The summed E-state index contributed by atoms with van der Waals surface area (Å²) < 4.78 is 33.0. The van der Waals surface area contributed by atoms with E-state index in [0.717, 1.165) is 5.56 Å². The van der Waals surface area contributed by atoms with Crippen molar-refractivity contribution in [3.05, 3.63) is 65.7 Å². The fourth-order valence-electron chi connectivity index (χ4n) is 3.34.